The first-order valence-electron chi connectivity index (χ1n) is 6.79. The van der Waals surface area contributed by atoms with E-state index < -0.39 is 5.54 Å². The maximum atomic E-state index is 9.02. The first kappa shape index (κ1) is 13.9. The Hall–Kier alpha value is -0.510. The predicted octanol–water partition coefficient (Wildman–Crippen LogP) is 3.28. The van der Waals surface area contributed by atoms with Crippen LogP contribution >= 0.6 is 11.8 Å². The van der Waals surface area contributed by atoms with Crippen LogP contribution in [-0.2, 0) is 5.54 Å². The number of thioether (sulfide) groups is 1. The van der Waals surface area contributed by atoms with Crippen molar-refractivity contribution in [3.05, 3.63) is 29.8 Å². The summed E-state index contributed by atoms with van der Waals surface area (Å²) >= 11 is 1.99. The molecule has 0 saturated heterocycles. The van der Waals surface area contributed by atoms with Crippen LogP contribution in [0.15, 0.2) is 29.2 Å². The van der Waals surface area contributed by atoms with E-state index in [0.717, 1.165) is 10.8 Å². The van der Waals surface area contributed by atoms with Gasteiger partial charge in [-0.1, -0.05) is 25.0 Å². The van der Waals surface area contributed by atoms with Crippen LogP contribution < -0.4 is 5.73 Å². The molecule has 0 heterocycles. The molecule has 0 aromatic heterocycles. The summed E-state index contributed by atoms with van der Waals surface area (Å²) in [5.41, 5.74) is 6.87. The Labute approximate surface area is 114 Å². The first-order valence-corrected chi connectivity index (χ1v) is 7.67. The second-order valence-corrected chi connectivity index (χ2v) is 6.81. The van der Waals surface area contributed by atoms with Crippen molar-refractivity contribution in [2.75, 3.05) is 6.61 Å². The van der Waals surface area contributed by atoms with Gasteiger partial charge in [0.25, 0.3) is 0 Å². The maximum absolute atomic E-state index is 9.02. The molecule has 1 aromatic rings. The third kappa shape index (κ3) is 3.50. The predicted molar refractivity (Wildman–Crippen MR) is 77.8 cm³/mol. The SMILES string of the molecule is CC(N)(CCO)c1ccc(SC2CCCC2)cc1. The molecule has 18 heavy (non-hydrogen) atoms. The molecule has 3 N–H and O–H groups in total. The molecule has 100 valence electrons. The molecule has 0 amide bonds. The largest absolute Gasteiger partial charge is 0.396 e. The van der Waals surface area contributed by atoms with Gasteiger partial charge in [-0.15, -0.1) is 11.8 Å². The molecule has 1 atom stereocenters. The summed E-state index contributed by atoms with van der Waals surface area (Å²) in [4.78, 5) is 1.34. The molecule has 0 bridgehead atoms. The van der Waals surface area contributed by atoms with Gasteiger partial charge >= 0.3 is 0 Å². The van der Waals surface area contributed by atoms with Crippen LogP contribution in [0.25, 0.3) is 0 Å². The van der Waals surface area contributed by atoms with Gasteiger partial charge < -0.3 is 10.8 Å². The molecule has 2 rings (SSSR count). The Morgan fingerprint density at radius 3 is 2.44 bits per heavy atom. The van der Waals surface area contributed by atoms with Crippen LogP contribution in [0.1, 0.15) is 44.6 Å². The van der Waals surface area contributed by atoms with E-state index in [1.54, 1.807) is 0 Å². The minimum absolute atomic E-state index is 0.131. The Kier molecular flexibility index (Phi) is 4.71. The van der Waals surface area contributed by atoms with Crippen LogP contribution in [0.5, 0.6) is 0 Å². The fourth-order valence-corrected chi connectivity index (χ4v) is 3.74. The second-order valence-electron chi connectivity index (χ2n) is 5.44. The highest BCUT2D eigenvalue weighted by Gasteiger charge is 2.21. The molecule has 0 spiro atoms. The van der Waals surface area contributed by atoms with Gasteiger partial charge in [0.15, 0.2) is 0 Å². The van der Waals surface area contributed by atoms with Gasteiger partial charge in [0.1, 0.15) is 0 Å². The summed E-state index contributed by atoms with van der Waals surface area (Å²) in [5, 5.41) is 9.83. The van der Waals surface area contributed by atoms with Gasteiger partial charge in [0.2, 0.25) is 0 Å². The van der Waals surface area contributed by atoms with E-state index in [9.17, 15) is 0 Å². The quantitative estimate of drug-likeness (QED) is 0.859. The Morgan fingerprint density at radius 1 is 1.28 bits per heavy atom. The smallest absolute Gasteiger partial charge is 0.0451 e. The highest BCUT2D eigenvalue weighted by atomic mass is 32.2. The van der Waals surface area contributed by atoms with E-state index in [-0.39, 0.29) is 6.61 Å². The normalized spacial score (nSPS) is 19.9. The van der Waals surface area contributed by atoms with Crippen LogP contribution in [0, 0.1) is 0 Å². The Balaban J connectivity index is 2.00. The first-order chi connectivity index (χ1) is 8.62. The highest BCUT2D eigenvalue weighted by molar-refractivity contribution is 8.00. The average molecular weight is 265 g/mol. The van der Waals surface area contributed by atoms with Gasteiger partial charge in [-0.05, 0) is 43.9 Å². The molecule has 0 radical (unpaired) electrons. The molecular formula is C15H23NOS. The summed E-state index contributed by atoms with van der Waals surface area (Å²) in [6.07, 6.45) is 6.07. The van der Waals surface area contributed by atoms with Crippen molar-refractivity contribution in [3.8, 4) is 0 Å². The van der Waals surface area contributed by atoms with E-state index in [4.69, 9.17) is 10.8 Å². The third-order valence-electron chi connectivity index (χ3n) is 3.75. The van der Waals surface area contributed by atoms with Gasteiger partial charge in [-0.3, -0.25) is 0 Å². The Bertz CT molecular complexity index is 369. The third-order valence-corrected chi connectivity index (χ3v) is 5.10. The van der Waals surface area contributed by atoms with Gasteiger partial charge in [-0.2, -0.15) is 0 Å². The number of aliphatic hydroxyl groups excluding tert-OH is 1. The number of rotatable bonds is 5. The zero-order chi connectivity index (χ0) is 13.0. The van der Waals surface area contributed by atoms with Crippen molar-refractivity contribution < 1.29 is 5.11 Å². The van der Waals surface area contributed by atoms with Gasteiger partial charge in [-0.25, -0.2) is 0 Å². The fraction of sp³-hybridized carbons (Fsp3) is 0.600. The lowest BCUT2D eigenvalue weighted by Gasteiger charge is -2.24. The number of aliphatic hydroxyl groups is 1. The maximum Gasteiger partial charge on any atom is 0.0451 e. The highest BCUT2D eigenvalue weighted by Crippen LogP contribution is 2.35. The minimum Gasteiger partial charge on any atom is -0.396 e. The number of hydrogen-bond donors (Lipinski definition) is 2. The van der Waals surface area contributed by atoms with Crippen LogP contribution in [0.4, 0.5) is 0 Å². The second kappa shape index (κ2) is 6.09. The zero-order valence-corrected chi connectivity index (χ0v) is 11.9. The van der Waals surface area contributed by atoms with Crippen LogP contribution in [0.2, 0.25) is 0 Å². The van der Waals surface area contributed by atoms with E-state index >= 15 is 0 Å². The summed E-state index contributed by atoms with van der Waals surface area (Å²) < 4.78 is 0. The van der Waals surface area contributed by atoms with Crippen molar-refractivity contribution in [2.24, 2.45) is 5.73 Å². The van der Waals surface area contributed by atoms with E-state index in [2.05, 4.69) is 24.3 Å². The minimum atomic E-state index is -0.425. The van der Waals surface area contributed by atoms with Crippen molar-refractivity contribution in [1.29, 1.82) is 0 Å². The molecular weight excluding hydrogens is 242 g/mol. The van der Waals surface area contributed by atoms with Gasteiger partial charge in [0.05, 0.1) is 0 Å². The van der Waals surface area contributed by atoms with Crippen molar-refractivity contribution >= 4 is 11.8 Å². The van der Waals surface area contributed by atoms with Crippen LogP contribution in [-0.4, -0.2) is 17.0 Å². The summed E-state index contributed by atoms with van der Waals surface area (Å²) in [6, 6.07) is 8.54. The van der Waals surface area contributed by atoms with E-state index in [0.29, 0.717) is 6.42 Å². The molecule has 2 nitrogen and oxygen atoms in total. The average Bonchev–Trinajstić information content (AvgIpc) is 2.82. The molecule has 3 heteroatoms. The number of nitrogens with two attached hydrogens (primary N) is 1. The van der Waals surface area contributed by atoms with Crippen molar-refractivity contribution in [2.45, 2.75) is 54.7 Å². The van der Waals surface area contributed by atoms with Crippen molar-refractivity contribution in [1.82, 2.24) is 0 Å². The summed E-state index contributed by atoms with van der Waals surface area (Å²) in [6.45, 7) is 2.11. The monoisotopic (exact) mass is 265 g/mol. The fourth-order valence-electron chi connectivity index (χ4n) is 2.49. The van der Waals surface area contributed by atoms with E-state index in [1.807, 2.05) is 18.7 Å². The molecule has 0 aliphatic heterocycles. The standard InChI is InChI=1S/C15H23NOS/c1-15(16,10-11-17)12-6-8-14(9-7-12)18-13-4-2-3-5-13/h6-9,13,17H,2-5,10-11,16H2,1H3. The zero-order valence-electron chi connectivity index (χ0n) is 11.1. The van der Waals surface area contributed by atoms with Crippen LogP contribution in [0.3, 0.4) is 0 Å². The van der Waals surface area contributed by atoms with E-state index in [1.165, 1.54) is 30.6 Å². The molecule has 1 aliphatic carbocycles. The lowest BCUT2D eigenvalue weighted by molar-refractivity contribution is 0.247. The lowest BCUT2D eigenvalue weighted by atomic mass is 9.90. The molecule has 1 unspecified atom stereocenters. The molecule has 1 aromatic carbocycles. The molecule has 1 fully saturated rings. The Morgan fingerprint density at radius 2 is 1.89 bits per heavy atom. The lowest BCUT2D eigenvalue weighted by Crippen LogP contribution is -2.33. The summed E-state index contributed by atoms with van der Waals surface area (Å²) in [7, 11) is 0. The molecule has 1 aliphatic rings. The summed E-state index contributed by atoms with van der Waals surface area (Å²) in [5.74, 6) is 0. The molecule has 1 saturated carbocycles. The van der Waals surface area contributed by atoms with Crippen molar-refractivity contribution in [3.63, 3.8) is 0 Å². The number of benzene rings is 1. The topological polar surface area (TPSA) is 46.2 Å². The number of hydrogen-bond acceptors (Lipinski definition) is 3. The van der Waals surface area contributed by atoms with Gasteiger partial charge in [0, 0.05) is 22.3 Å².